The number of aliphatic hydroxyl groups is 1. The molecule has 0 aromatic carbocycles. The van der Waals surface area contributed by atoms with Gasteiger partial charge in [0.25, 0.3) is 0 Å². The van der Waals surface area contributed by atoms with Gasteiger partial charge in [0.2, 0.25) is 0 Å². The van der Waals surface area contributed by atoms with Crippen LogP contribution in [-0.4, -0.2) is 22.3 Å². The van der Waals surface area contributed by atoms with Crippen molar-refractivity contribution in [3.05, 3.63) is 35.5 Å². The molecule has 3 heteroatoms. The maximum absolute atomic E-state index is 11.5. The van der Waals surface area contributed by atoms with E-state index in [0.717, 1.165) is 50.5 Å². The van der Waals surface area contributed by atoms with Crippen molar-refractivity contribution in [1.29, 1.82) is 0 Å². The van der Waals surface area contributed by atoms with Gasteiger partial charge in [-0.15, -0.1) is 0 Å². The molecule has 0 bridgehead atoms. The molecule has 0 unspecified atom stereocenters. The van der Waals surface area contributed by atoms with Crippen LogP contribution in [0.1, 0.15) is 65.2 Å². The number of aliphatic hydroxyl groups excluding tert-OH is 1. The average Bonchev–Trinajstić information content (AvgIpc) is 2.92. The predicted molar refractivity (Wildman–Crippen MR) is 100 cm³/mol. The molecule has 25 heavy (non-hydrogen) atoms. The average molecular weight is 344 g/mol. The number of fused-ring (bicyclic) bond motifs is 1. The molecule has 138 valence electrons. The van der Waals surface area contributed by atoms with E-state index in [1.807, 2.05) is 6.92 Å². The summed E-state index contributed by atoms with van der Waals surface area (Å²) in [6.45, 7) is 8.36. The van der Waals surface area contributed by atoms with Crippen LogP contribution in [0.2, 0.25) is 0 Å². The van der Waals surface area contributed by atoms with Gasteiger partial charge in [-0.25, -0.2) is 0 Å². The number of carboxylic acids is 1. The molecule has 3 saturated carbocycles. The summed E-state index contributed by atoms with van der Waals surface area (Å²) in [4.78, 5) is 11.5. The highest BCUT2D eigenvalue weighted by atomic mass is 16.4. The van der Waals surface area contributed by atoms with Crippen LogP contribution in [0.3, 0.4) is 0 Å². The lowest BCUT2D eigenvalue weighted by Gasteiger charge is -2.43. The molecule has 0 spiro atoms. The fraction of sp³-hybridized carbons (Fsp3) is 0.682. The summed E-state index contributed by atoms with van der Waals surface area (Å²) in [5.41, 5.74) is 3.94. The summed E-state index contributed by atoms with van der Waals surface area (Å²) in [6.07, 6.45) is 12.2. The summed E-state index contributed by atoms with van der Waals surface area (Å²) in [5, 5.41) is 19.4. The van der Waals surface area contributed by atoms with Gasteiger partial charge < -0.3 is 10.2 Å². The molecule has 5 atom stereocenters. The molecule has 3 aliphatic carbocycles. The Hall–Kier alpha value is -1.35. The van der Waals surface area contributed by atoms with Crippen LogP contribution in [-0.2, 0) is 4.79 Å². The Balaban J connectivity index is 1.82. The number of rotatable bonds is 3. The Bertz CT molecular complexity index is 615. The zero-order chi connectivity index (χ0) is 18.2. The van der Waals surface area contributed by atoms with E-state index in [1.165, 1.54) is 11.1 Å². The summed E-state index contributed by atoms with van der Waals surface area (Å²) in [5.74, 6) is -0.136. The minimum absolute atomic E-state index is 0.115. The first kappa shape index (κ1) is 18.4. The molecule has 3 fully saturated rings. The van der Waals surface area contributed by atoms with Gasteiger partial charge in [-0.1, -0.05) is 43.7 Å². The Kier molecular flexibility index (Phi) is 5.24. The second-order valence-corrected chi connectivity index (χ2v) is 8.66. The topological polar surface area (TPSA) is 57.5 Å². The fourth-order valence-electron chi connectivity index (χ4n) is 5.67. The molecule has 0 heterocycles. The quantitative estimate of drug-likeness (QED) is 0.767. The lowest BCUT2D eigenvalue weighted by Crippen LogP contribution is -2.38. The van der Waals surface area contributed by atoms with Gasteiger partial charge in [0, 0.05) is 0 Å². The van der Waals surface area contributed by atoms with E-state index in [-0.39, 0.29) is 23.4 Å². The van der Waals surface area contributed by atoms with Gasteiger partial charge in [0.05, 0.1) is 12.0 Å². The molecule has 3 nitrogen and oxygen atoms in total. The molecule has 0 radical (unpaired) electrons. The van der Waals surface area contributed by atoms with Crippen molar-refractivity contribution >= 4 is 5.97 Å². The maximum Gasteiger partial charge on any atom is 0.306 e. The molecular formula is C22H32O3. The van der Waals surface area contributed by atoms with E-state index in [2.05, 4.69) is 25.7 Å². The molecule has 0 aromatic heterocycles. The fourth-order valence-corrected chi connectivity index (χ4v) is 5.67. The zero-order valence-corrected chi connectivity index (χ0v) is 15.6. The molecule has 3 rings (SSSR count). The standard InChI is InChI=1S/C22H32O3/c1-14-6-9-18(23)13-17(14)8-7-16-5-4-12-22(3)19(10-11-20(16)22)15(2)21(24)25/h7-8,15,18-20,23H,1,4-6,9-13H2,2-3H3,(H,24,25)/b16-7+,17-8-/t15-,18-,19-,20-,22+/m0/s1. The van der Waals surface area contributed by atoms with Gasteiger partial charge in [-0.2, -0.15) is 0 Å². The number of hydrogen-bond donors (Lipinski definition) is 2. The number of carboxylic acid groups (broad SMARTS) is 1. The normalized spacial score (nSPS) is 40.3. The highest BCUT2D eigenvalue weighted by Crippen LogP contribution is 2.59. The Morgan fingerprint density at radius 2 is 2.04 bits per heavy atom. The lowest BCUT2D eigenvalue weighted by atomic mass is 9.61. The van der Waals surface area contributed by atoms with Crippen molar-refractivity contribution in [2.75, 3.05) is 0 Å². The molecule has 0 aromatic rings. The third-order valence-corrected chi connectivity index (χ3v) is 7.22. The van der Waals surface area contributed by atoms with Crippen molar-refractivity contribution in [3.63, 3.8) is 0 Å². The third kappa shape index (κ3) is 3.48. The Labute approximate surface area is 151 Å². The van der Waals surface area contributed by atoms with Crippen molar-refractivity contribution in [3.8, 4) is 0 Å². The second-order valence-electron chi connectivity index (χ2n) is 8.66. The number of allylic oxidation sites excluding steroid dienone is 4. The minimum Gasteiger partial charge on any atom is -0.481 e. The number of carbonyl (C=O) groups is 1. The summed E-state index contributed by atoms with van der Waals surface area (Å²) >= 11 is 0. The monoisotopic (exact) mass is 344 g/mol. The second kappa shape index (κ2) is 7.11. The summed E-state index contributed by atoms with van der Waals surface area (Å²) in [6, 6.07) is 0. The molecular weight excluding hydrogens is 312 g/mol. The molecule has 0 aliphatic heterocycles. The van der Waals surface area contributed by atoms with Gasteiger partial charge in [-0.05, 0) is 74.2 Å². The summed E-state index contributed by atoms with van der Waals surface area (Å²) < 4.78 is 0. The van der Waals surface area contributed by atoms with Crippen molar-refractivity contribution in [1.82, 2.24) is 0 Å². The predicted octanol–water partition coefficient (Wildman–Crippen LogP) is 4.88. The van der Waals surface area contributed by atoms with Crippen LogP contribution in [0.4, 0.5) is 0 Å². The van der Waals surface area contributed by atoms with Crippen LogP contribution in [0.5, 0.6) is 0 Å². The van der Waals surface area contributed by atoms with Crippen molar-refractivity contribution in [2.45, 2.75) is 71.3 Å². The Morgan fingerprint density at radius 1 is 1.28 bits per heavy atom. The first-order valence-electron chi connectivity index (χ1n) is 9.81. The highest BCUT2D eigenvalue weighted by Gasteiger charge is 2.51. The van der Waals surface area contributed by atoms with Crippen LogP contribution in [0.15, 0.2) is 35.5 Å². The third-order valence-electron chi connectivity index (χ3n) is 7.22. The molecule has 0 saturated heterocycles. The van der Waals surface area contributed by atoms with Crippen molar-refractivity contribution < 1.29 is 15.0 Å². The van der Waals surface area contributed by atoms with Gasteiger partial charge in [0.15, 0.2) is 0 Å². The van der Waals surface area contributed by atoms with Crippen LogP contribution in [0.25, 0.3) is 0 Å². The van der Waals surface area contributed by atoms with E-state index < -0.39 is 5.97 Å². The van der Waals surface area contributed by atoms with Crippen molar-refractivity contribution in [2.24, 2.45) is 23.2 Å². The van der Waals surface area contributed by atoms with Crippen LogP contribution < -0.4 is 0 Å². The van der Waals surface area contributed by atoms with Gasteiger partial charge >= 0.3 is 5.97 Å². The highest BCUT2D eigenvalue weighted by molar-refractivity contribution is 5.70. The Morgan fingerprint density at radius 3 is 2.76 bits per heavy atom. The molecule has 2 N–H and O–H groups in total. The lowest BCUT2D eigenvalue weighted by molar-refractivity contribution is -0.144. The number of aliphatic carboxylic acids is 1. The number of hydrogen-bond acceptors (Lipinski definition) is 2. The zero-order valence-electron chi connectivity index (χ0n) is 15.6. The van der Waals surface area contributed by atoms with Gasteiger partial charge in [-0.3, -0.25) is 4.79 Å². The summed E-state index contributed by atoms with van der Waals surface area (Å²) in [7, 11) is 0. The largest absolute Gasteiger partial charge is 0.481 e. The van der Waals surface area contributed by atoms with E-state index in [4.69, 9.17) is 0 Å². The van der Waals surface area contributed by atoms with E-state index in [1.54, 1.807) is 0 Å². The van der Waals surface area contributed by atoms with Crippen LogP contribution in [0, 0.1) is 23.2 Å². The SMILES string of the molecule is C=C1CC[C@H](O)C/C1=C/C=C1\CCC[C@@]2(C)[C@H]1CC[C@H]2[C@H](C)C(=O)O. The van der Waals surface area contributed by atoms with Crippen LogP contribution >= 0.6 is 0 Å². The first-order valence-corrected chi connectivity index (χ1v) is 9.81. The van der Waals surface area contributed by atoms with E-state index in [0.29, 0.717) is 12.3 Å². The first-order chi connectivity index (χ1) is 11.8. The van der Waals surface area contributed by atoms with E-state index >= 15 is 0 Å². The molecule has 3 aliphatic rings. The smallest absolute Gasteiger partial charge is 0.306 e. The molecule has 0 amide bonds. The van der Waals surface area contributed by atoms with Gasteiger partial charge in [0.1, 0.15) is 0 Å². The minimum atomic E-state index is -0.655. The maximum atomic E-state index is 11.5. The van der Waals surface area contributed by atoms with E-state index in [9.17, 15) is 15.0 Å².